The molecule has 1 aromatic carbocycles. The van der Waals surface area contributed by atoms with Gasteiger partial charge in [0.25, 0.3) is 0 Å². The van der Waals surface area contributed by atoms with Crippen molar-refractivity contribution in [2.45, 2.75) is 0 Å². The normalized spacial score (nSPS) is 12.7. The first kappa shape index (κ1) is 12.0. The lowest BCUT2D eigenvalue weighted by molar-refractivity contribution is 0.0691. The number of para-hydroxylation sites is 1. The lowest BCUT2D eigenvalue weighted by Gasteiger charge is -1.94. The molecule has 2 aromatic rings. The molecule has 0 aliphatic carbocycles. The van der Waals surface area contributed by atoms with Crippen molar-refractivity contribution < 1.29 is 14.6 Å². The van der Waals surface area contributed by atoms with Crippen LogP contribution in [0.3, 0.4) is 0 Å². The first-order chi connectivity index (χ1) is 8.77. The van der Waals surface area contributed by atoms with Gasteiger partial charge in [0.15, 0.2) is 0 Å². The summed E-state index contributed by atoms with van der Waals surface area (Å²) in [5, 5.41) is 9.58. The van der Waals surface area contributed by atoms with E-state index < -0.39 is 5.97 Å². The van der Waals surface area contributed by atoms with E-state index in [0.29, 0.717) is 0 Å². The summed E-state index contributed by atoms with van der Waals surface area (Å²) >= 11 is 0. The molecule has 4 heteroatoms. The second-order valence-corrected chi connectivity index (χ2v) is 3.67. The maximum Gasteiger partial charge on any atom is 0.352 e. The fourth-order valence-electron chi connectivity index (χ4n) is 1.53. The Morgan fingerprint density at radius 2 is 2.11 bits per heavy atom. The van der Waals surface area contributed by atoms with Crippen LogP contribution in [0, 0.1) is 0 Å². The SMILES string of the molecule is C1=CCOC=C1.O=C(O)c1cc2ccccc2[nH]1. The zero-order valence-electron chi connectivity index (χ0n) is 9.67. The molecule has 0 spiro atoms. The summed E-state index contributed by atoms with van der Waals surface area (Å²) < 4.78 is 4.80. The van der Waals surface area contributed by atoms with Crippen LogP contribution in [0.4, 0.5) is 0 Å². The van der Waals surface area contributed by atoms with Crippen LogP contribution in [0.1, 0.15) is 10.5 Å². The van der Waals surface area contributed by atoms with E-state index >= 15 is 0 Å². The first-order valence-electron chi connectivity index (χ1n) is 5.52. The van der Waals surface area contributed by atoms with Gasteiger partial charge in [-0.25, -0.2) is 4.79 Å². The Morgan fingerprint density at radius 1 is 1.28 bits per heavy atom. The van der Waals surface area contributed by atoms with Gasteiger partial charge >= 0.3 is 5.97 Å². The molecule has 0 atom stereocenters. The Morgan fingerprint density at radius 3 is 2.61 bits per heavy atom. The molecule has 0 bridgehead atoms. The summed E-state index contributed by atoms with van der Waals surface area (Å²) in [7, 11) is 0. The molecule has 1 aromatic heterocycles. The van der Waals surface area contributed by atoms with Crippen LogP contribution in [0.5, 0.6) is 0 Å². The Kier molecular flexibility index (Phi) is 3.81. The molecule has 0 radical (unpaired) electrons. The van der Waals surface area contributed by atoms with Crippen LogP contribution in [-0.4, -0.2) is 22.7 Å². The standard InChI is InChI=1S/C9H7NO2.C5H6O/c11-9(12)8-5-6-3-1-2-4-7(6)10-8;1-2-4-6-5-3-1/h1-5,10H,(H,11,12);1-4H,5H2. The van der Waals surface area contributed by atoms with Crippen LogP contribution in [-0.2, 0) is 4.74 Å². The van der Waals surface area contributed by atoms with Crippen molar-refractivity contribution in [3.8, 4) is 0 Å². The number of benzene rings is 1. The lowest BCUT2D eigenvalue weighted by atomic mass is 10.2. The molecule has 1 aliphatic heterocycles. The van der Waals surface area contributed by atoms with Gasteiger partial charge in [-0.05, 0) is 24.3 Å². The van der Waals surface area contributed by atoms with E-state index in [1.54, 1.807) is 12.3 Å². The van der Waals surface area contributed by atoms with Crippen molar-refractivity contribution >= 4 is 16.9 Å². The molecule has 0 fully saturated rings. The number of carboxylic acids is 1. The Balaban J connectivity index is 0.000000169. The number of hydrogen-bond acceptors (Lipinski definition) is 2. The molecule has 0 saturated carbocycles. The molecular formula is C14H13NO3. The van der Waals surface area contributed by atoms with Crippen molar-refractivity contribution in [3.05, 3.63) is 60.5 Å². The number of ether oxygens (including phenoxy) is 1. The first-order valence-corrected chi connectivity index (χ1v) is 5.52. The van der Waals surface area contributed by atoms with Gasteiger partial charge in [0, 0.05) is 10.9 Å². The van der Waals surface area contributed by atoms with Crippen molar-refractivity contribution in [1.29, 1.82) is 0 Å². The molecule has 0 saturated heterocycles. The summed E-state index contributed by atoms with van der Waals surface area (Å²) in [6.07, 6.45) is 7.47. The highest BCUT2D eigenvalue weighted by molar-refractivity contribution is 5.93. The van der Waals surface area contributed by atoms with E-state index in [1.807, 2.05) is 42.5 Å². The van der Waals surface area contributed by atoms with E-state index in [9.17, 15) is 4.79 Å². The monoisotopic (exact) mass is 243 g/mol. The molecule has 3 rings (SSSR count). The highest BCUT2D eigenvalue weighted by Crippen LogP contribution is 2.13. The summed E-state index contributed by atoms with van der Waals surface area (Å²) in [6.45, 7) is 0.733. The average Bonchev–Trinajstić information content (AvgIpc) is 2.85. The fraction of sp³-hybridized carbons (Fsp3) is 0.0714. The number of rotatable bonds is 1. The quantitative estimate of drug-likeness (QED) is 0.809. The summed E-state index contributed by atoms with van der Waals surface area (Å²) in [6, 6.07) is 9.09. The van der Waals surface area contributed by atoms with Gasteiger partial charge in [-0.3, -0.25) is 0 Å². The average molecular weight is 243 g/mol. The molecule has 92 valence electrons. The number of allylic oxidation sites excluding steroid dienone is 2. The maximum atomic E-state index is 10.5. The minimum atomic E-state index is -0.925. The molecule has 18 heavy (non-hydrogen) atoms. The molecule has 2 N–H and O–H groups in total. The van der Waals surface area contributed by atoms with Gasteiger partial charge in [-0.1, -0.05) is 24.3 Å². The summed E-state index contributed by atoms with van der Waals surface area (Å²) in [5.74, 6) is -0.925. The van der Waals surface area contributed by atoms with E-state index in [-0.39, 0.29) is 5.69 Å². The second kappa shape index (κ2) is 5.72. The second-order valence-electron chi connectivity index (χ2n) is 3.67. The van der Waals surface area contributed by atoms with Crippen molar-refractivity contribution in [3.63, 3.8) is 0 Å². The summed E-state index contributed by atoms with van der Waals surface area (Å²) in [5.41, 5.74) is 1.09. The van der Waals surface area contributed by atoms with E-state index in [2.05, 4.69) is 4.98 Å². The Hall–Kier alpha value is -2.49. The van der Waals surface area contributed by atoms with E-state index in [1.165, 1.54) is 0 Å². The number of carbonyl (C=O) groups is 1. The lowest BCUT2D eigenvalue weighted by Crippen LogP contribution is -1.94. The van der Waals surface area contributed by atoms with E-state index in [0.717, 1.165) is 17.5 Å². The van der Waals surface area contributed by atoms with Gasteiger partial charge in [-0.15, -0.1) is 0 Å². The fourth-order valence-corrected chi connectivity index (χ4v) is 1.53. The predicted octanol–water partition coefficient (Wildman–Crippen LogP) is 2.95. The molecular weight excluding hydrogens is 230 g/mol. The number of aromatic nitrogens is 1. The van der Waals surface area contributed by atoms with Gasteiger partial charge in [0.1, 0.15) is 12.3 Å². The Labute approximate surface area is 104 Å². The van der Waals surface area contributed by atoms with Crippen LogP contribution in [0.2, 0.25) is 0 Å². The minimum absolute atomic E-state index is 0.233. The molecule has 0 amide bonds. The van der Waals surface area contributed by atoms with E-state index in [4.69, 9.17) is 9.84 Å². The van der Waals surface area contributed by atoms with Crippen LogP contribution >= 0.6 is 0 Å². The number of aromatic amines is 1. The molecule has 2 heterocycles. The molecule has 0 unspecified atom stereocenters. The third kappa shape index (κ3) is 3.01. The van der Waals surface area contributed by atoms with Crippen LogP contribution < -0.4 is 0 Å². The number of nitrogens with one attached hydrogen (secondary N) is 1. The van der Waals surface area contributed by atoms with Crippen molar-refractivity contribution in [2.75, 3.05) is 6.61 Å². The van der Waals surface area contributed by atoms with Gasteiger partial charge in [-0.2, -0.15) is 0 Å². The number of hydrogen-bond donors (Lipinski definition) is 2. The Bertz CT molecular complexity index is 551. The number of aromatic carboxylic acids is 1. The largest absolute Gasteiger partial charge is 0.497 e. The van der Waals surface area contributed by atoms with Crippen molar-refractivity contribution in [1.82, 2.24) is 4.98 Å². The predicted molar refractivity (Wildman–Crippen MR) is 69.5 cm³/mol. The van der Waals surface area contributed by atoms with Crippen LogP contribution in [0.15, 0.2) is 54.8 Å². The smallest absolute Gasteiger partial charge is 0.352 e. The maximum absolute atomic E-state index is 10.5. The topological polar surface area (TPSA) is 62.3 Å². The van der Waals surface area contributed by atoms with Crippen LogP contribution in [0.25, 0.3) is 10.9 Å². The zero-order valence-corrected chi connectivity index (χ0v) is 9.67. The number of fused-ring (bicyclic) bond motifs is 1. The van der Waals surface area contributed by atoms with Gasteiger partial charge in [0.05, 0.1) is 6.26 Å². The molecule has 1 aliphatic rings. The highest BCUT2D eigenvalue weighted by Gasteiger charge is 2.05. The third-order valence-corrected chi connectivity index (χ3v) is 2.37. The molecule has 4 nitrogen and oxygen atoms in total. The third-order valence-electron chi connectivity index (χ3n) is 2.37. The number of H-pyrrole nitrogens is 1. The van der Waals surface area contributed by atoms with Crippen molar-refractivity contribution in [2.24, 2.45) is 0 Å². The zero-order chi connectivity index (χ0) is 12.8. The van der Waals surface area contributed by atoms with Gasteiger partial charge in [0.2, 0.25) is 0 Å². The highest BCUT2D eigenvalue weighted by atomic mass is 16.5. The van der Waals surface area contributed by atoms with Gasteiger partial charge < -0.3 is 14.8 Å². The summed E-state index contributed by atoms with van der Waals surface area (Å²) in [4.78, 5) is 13.3. The number of carboxylic acid groups (broad SMARTS) is 1. The minimum Gasteiger partial charge on any atom is -0.497 e.